The lowest BCUT2D eigenvalue weighted by molar-refractivity contribution is 0.0691. The highest BCUT2D eigenvalue weighted by Crippen LogP contribution is 2.31. The van der Waals surface area contributed by atoms with Gasteiger partial charge in [-0.15, -0.1) is 11.8 Å². The molecule has 98 valence electrons. The van der Waals surface area contributed by atoms with E-state index in [9.17, 15) is 17.6 Å². The van der Waals surface area contributed by atoms with Gasteiger partial charge in [-0.1, -0.05) is 0 Å². The number of rotatable bonds is 3. The minimum atomic E-state index is -2.96. The Morgan fingerprint density at radius 2 is 2.17 bits per heavy atom. The van der Waals surface area contributed by atoms with Crippen LogP contribution in [-0.2, 0) is 9.84 Å². The summed E-state index contributed by atoms with van der Waals surface area (Å²) in [5, 5.41) is 8.71. The maximum absolute atomic E-state index is 13.2. The van der Waals surface area contributed by atoms with Gasteiger partial charge in [-0.2, -0.15) is 0 Å². The molecule has 0 spiro atoms. The monoisotopic (exact) mass is 290 g/mol. The van der Waals surface area contributed by atoms with E-state index >= 15 is 0 Å². The molecule has 1 fully saturated rings. The van der Waals surface area contributed by atoms with Gasteiger partial charge in [0, 0.05) is 10.1 Å². The van der Waals surface area contributed by atoms with Crippen LogP contribution in [0.1, 0.15) is 16.8 Å². The number of sulfone groups is 1. The van der Waals surface area contributed by atoms with E-state index in [0.717, 1.165) is 6.07 Å². The van der Waals surface area contributed by atoms with Crippen molar-refractivity contribution in [3.8, 4) is 0 Å². The fourth-order valence-electron chi connectivity index (χ4n) is 1.79. The molecule has 4 nitrogen and oxygen atoms in total. The Bertz CT molecular complexity index is 583. The lowest BCUT2D eigenvalue weighted by atomic mass is 10.2. The Kier molecular flexibility index (Phi) is 3.63. The number of hydrogen-bond acceptors (Lipinski definition) is 4. The van der Waals surface area contributed by atoms with Crippen molar-refractivity contribution >= 4 is 27.6 Å². The fraction of sp³-hybridized carbons (Fsp3) is 0.364. The van der Waals surface area contributed by atoms with E-state index in [-0.39, 0.29) is 22.3 Å². The predicted molar refractivity (Wildman–Crippen MR) is 66.3 cm³/mol. The summed E-state index contributed by atoms with van der Waals surface area (Å²) >= 11 is 1.28. The first-order valence-electron chi connectivity index (χ1n) is 5.27. The van der Waals surface area contributed by atoms with Crippen molar-refractivity contribution in [1.29, 1.82) is 0 Å². The first-order valence-corrected chi connectivity index (χ1v) is 7.97. The van der Waals surface area contributed by atoms with Crippen LogP contribution in [0.3, 0.4) is 0 Å². The number of hydrogen-bond donors (Lipinski definition) is 1. The van der Waals surface area contributed by atoms with Crippen LogP contribution in [0.25, 0.3) is 0 Å². The van der Waals surface area contributed by atoms with Gasteiger partial charge in [-0.25, -0.2) is 17.6 Å². The molecule has 1 atom stereocenters. The van der Waals surface area contributed by atoms with Crippen LogP contribution in [-0.4, -0.2) is 36.2 Å². The van der Waals surface area contributed by atoms with Gasteiger partial charge in [-0.3, -0.25) is 0 Å². The molecule has 1 N–H and O–H groups in total. The smallest absolute Gasteiger partial charge is 0.338 e. The van der Waals surface area contributed by atoms with Gasteiger partial charge >= 0.3 is 5.97 Å². The third-order valence-corrected chi connectivity index (χ3v) is 5.90. The molecule has 2 rings (SSSR count). The van der Waals surface area contributed by atoms with Gasteiger partial charge in [-0.05, 0) is 24.6 Å². The maximum Gasteiger partial charge on any atom is 0.338 e. The molecule has 0 radical (unpaired) electrons. The lowest BCUT2D eigenvalue weighted by Gasteiger charge is -2.08. The number of aromatic carboxylic acids is 1. The summed E-state index contributed by atoms with van der Waals surface area (Å²) in [6.07, 6.45) is 0.548. The second kappa shape index (κ2) is 4.89. The van der Waals surface area contributed by atoms with Crippen molar-refractivity contribution in [2.45, 2.75) is 16.6 Å². The van der Waals surface area contributed by atoms with E-state index in [1.165, 1.54) is 23.9 Å². The van der Waals surface area contributed by atoms with E-state index in [1.54, 1.807) is 0 Å². The largest absolute Gasteiger partial charge is 0.478 e. The zero-order valence-electron chi connectivity index (χ0n) is 9.30. The van der Waals surface area contributed by atoms with Crippen LogP contribution in [0.2, 0.25) is 0 Å². The fourth-order valence-corrected chi connectivity index (χ4v) is 5.33. The number of carbonyl (C=O) groups is 1. The summed E-state index contributed by atoms with van der Waals surface area (Å²) in [6, 6.07) is 3.81. The Balaban J connectivity index is 2.16. The van der Waals surface area contributed by atoms with E-state index in [1.807, 2.05) is 0 Å². The highest BCUT2D eigenvalue weighted by Gasteiger charge is 2.28. The Morgan fingerprint density at radius 3 is 2.72 bits per heavy atom. The highest BCUT2D eigenvalue weighted by atomic mass is 32.2. The van der Waals surface area contributed by atoms with Crippen molar-refractivity contribution in [2.24, 2.45) is 0 Å². The van der Waals surface area contributed by atoms with Gasteiger partial charge < -0.3 is 5.11 Å². The molecular weight excluding hydrogens is 279 g/mol. The molecule has 7 heteroatoms. The van der Waals surface area contributed by atoms with E-state index < -0.39 is 21.6 Å². The van der Waals surface area contributed by atoms with Crippen molar-refractivity contribution in [2.75, 3.05) is 11.5 Å². The Morgan fingerprint density at radius 1 is 1.44 bits per heavy atom. The minimum Gasteiger partial charge on any atom is -0.478 e. The number of thioether (sulfide) groups is 1. The van der Waals surface area contributed by atoms with Crippen LogP contribution in [0.5, 0.6) is 0 Å². The number of benzene rings is 1. The first kappa shape index (κ1) is 13.4. The summed E-state index contributed by atoms with van der Waals surface area (Å²) in [4.78, 5) is 11.3. The zero-order valence-corrected chi connectivity index (χ0v) is 10.9. The van der Waals surface area contributed by atoms with E-state index in [0.29, 0.717) is 11.3 Å². The maximum atomic E-state index is 13.2. The summed E-state index contributed by atoms with van der Waals surface area (Å²) < 4.78 is 35.8. The molecule has 0 aliphatic carbocycles. The van der Waals surface area contributed by atoms with Crippen LogP contribution < -0.4 is 0 Å². The van der Waals surface area contributed by atoms with E-state index in [4.69, 9.17) is 5.11 Å². The molecule has 18 heavy (non-hydrogen) atoms. The average molecular weight is 290 g/mol. The summed E-state index contributed by atoms with van der Waals surface area (Å²) in [5.41, 5.74) is -0.388. The second-order valence-corrected chi connectivity index (χ2v) is 7.69. The summed E-state index contributed by atoms with van der Waals surface area (Å²) in [6.45, 7) is 0. The Labute approximate surface area is 108 Å². The molecule has 1 heterocycles. The molecule has 1 aromatic carbocycles. The summed E-state index contributed by atoms with van der Waals surface area (Å²) in [7, 11) is -2.96. The van der Waals surface area contributed by atoms with Gasteiger partial charge in [0.1, 0.15) is 5.82 Å². The molecular formula is C11H11FO4S2. The van der Waals surface area contributed by atoms with Gasteiger partial charge in [0.2, 0.25) is 0 Å². The van der Waals surface area contributed by atoms with E-state index in [2.05, 4.69) is 0 Å². The number of carboxylic acids is 1. The standard InChI is InChI=1S/C11H11FO4S2/c12-10-2-1-7(5-9(10)11(13)14)17-8-3-4-18(15,16)6-8/h1-2,5,8H,3-4,6H2,(H,13,14). The van der Waals surface area contributed by atoms with Gasteiger partial charge in [0.15, 0.2) is 9.84 Å². The normalized spacial score (nSPS) is 21.9. The molecule has 1 unspecified atom stereocenters. The predicted octanol–water partition coefficient (Wildman–Crippen LogP) is 1.80. The summed E-state index contributed by atoms with van der Waals surface area (Å²) in [5.74, 6) is -1.85. The topological polar surface area (TPSA) is 71.4 Å². The van der Waals surface area contributed by atoms with Crippen molar-refractivity contribution < 1.29 is 22.7 Å². The average Bonchev–Trinajstić information content (AvgIpc) is 2.60. The van der Waals surface area contributed by atoms with Crippen molar-refractivity contribution in [3.63, 3.8) is 0 Å². The third kappa shape index (κ3) is 3.02. The highest BCUT2D eigenvalue weighted by molar-refractivity contribution is 8.01. The van der Waals surface area contributed by atoms with Crippen LogP contribution >= 0.6 is 11.8 Å². The zero-order chi connectivity index (χ0) is 13.3. The number of halogens is 1. The SMILES string of the molecule is O=C(O)c1cc(SC2CCS(=O)(=O)C2)ccc1F. The van der Waals surface area contributed by atoms with Gasteiger partial charge in [0.25, 0.3) is 0 Å². The molecule has 1 aliphatic rings. The Hall–Kier alpha value is -1.08. The van der Waals surface area contributed by atoms with Crippen LogP contribution in [0, 0.1) is 5.82 Å². The van der Waals surface area contributed by atoms with Crippen molar-refractivity contribution in [3.05, 3.63) is 29.6 Å². The third-order valence-electron chi connectivity index (χ3n) is 2.66. The minimum absolute atomic E-state index is 0.0814. The molecule has 0 aromatic heterocycles. The molecule has 0 amide bonds. The molecule has 1 saturated heterocycles. The van der Waals surface area contributed by atoms with Crippen molar-refractivity contribution in [1.82, 2.24) is 0 Å². The van der Waals surface area contributed by atoms with Gasteiger partial charge in [0.05, 0.1) is 17.1 Å². The molecule has 0 saturated carbocycles. The lowest BCUT2D eigenvalue weighted by Crippen LogP contribution is -2.06. The number of carboxylic acid groups (broad SMARTS) is 1. The quantitative estimate of drug-likeness (QED) is 0.919. The molecule has 1 aliphatic heterocycles. The molecule has 0 bridgehead atoms. The van der Waals surface area contributed by atoms with Crippen LogP contribution in [0.4, 0.5) is 4.39 Å². The first-order chi connectivity index (χ1) is 8.37. The molecule has 1 aromatic rings. The second-order valence-electron chi connectivity index (χ2n) is 4.09. The van der Waals surface area contributed by atoms with Crippen LogP contribution in [0.15, 0.2) is 23.1 Å².